The van der Waals surface area contributed by atoms with E-state index in [9.17, 15) is 9.59 Å². The number of nitrogens with one attached hydrogen (secondary N) is 1. The van der Waals surface area contributed by atoms with Crippen LogP contribution in [-0.4, -0.2) is 52.1 Å². The van der Waals surface area contributed by atoms with Crippen molar-refractivity contribution in [3.8, 4) is 6.07 Å². The summed E-state index contributed by atoms with van der Waals surface area (Å²) in [4.78, 5) is 29.8. The molecule has 2 aromatic rings. The minimum atomic E-state index is -1.27. The molecule has 2 bridgehead atoms. The average Bonchev–Trinajstić information content (AvgIpc) is 3.53. The summed E-state index contributed by atoms with van der Waals surface area (Å²) in [5, 5.41) is 11.5. The second-order valence-electron chi connectivity index (χ2n) is 9.32. The Hall–Kier alpha value is -2.67. The molecule has 190 valence electrons. The lowest BCUT2D eigenvalue weighted by molar-refractivity contribution is -0.225. The van der Waals surface area contributed by atoms with Crippen LogP contribution in [0.25, 0.3) is 0 Å². The van der Waals surface area contributed by atoms with Crippen LogP contribution in [0.4, 0.5) is 5.82 Å². The molecule has 36 heavy (non-hydrogen) atoms. The van der Waals surface area contributed by atoms with Crippen LogP contribution in [-0.2, 0) is 18.5 Å². The largest absolute Gasteiger partial charge is 0.361 e. The molecule has 2 saturated heterocycles. The molecule has 10 nitrogen and oxygen atoms in total. The molecule has 5 rings (SSSR count). The third-order valence-electron chi connectivity index (χ3n) is 7.16. The molecule has 1 saturated carbocycles. The fourth-order valence-corrected chi connectivity index (χ4v) is 6.31. The number of fused-ring (bicyclic) bond motifs is 3. The van der Waals surface area contributed by atoms with Gasteiger partial charge in [-0.2, -0.15) is 10.2 Å². The van der Waals surface area contributed by atoms with Gasteiger partial charge in [-0.15, -0.1) is 0 Å². The van der Waals surface area contributed by atoms with Crippen LogP contribution < -0.4 is 11.0 Å². The summed E-state index contributed by atoms with van der Waals surface area (Å²) in [5.74, 6) is -0.140. The van der Waals surface area contributed by atoms with Gasteiger partial charge < -0.3 is 23.8 Å². The summed E-state index contributed by atoms with van der Waals surface area (Å²) < 4.78 is 26.6. The molecule has 1 N–H and O–H groups in total. The number of amides is 1. The topological polar surface area (TPSA) is 125 Å². The van der Waals surface area contributed by atoms with Crippen molar-refractivity contribution in [3.63, 3.8) is 0 Å². The van der Waals surface area contributed by atoms with Crippen molar-refractivity contribution in [2.45, 2.75) is 69.2 Å². The molecule has 1 aromatic heterocycles. The number of hydrogen-bond acceptors (Lipinski definition) is 8. The van der Waals surface area contributed by atoms with Gasteiger partial charge in [-0.25, -0.2) is 4.79 Å². The van der Waals surface area contributed by atoms with E-state index in [4.69, 9.17) is 23.8 Å². The van der Waals surface area contributed by atoms with Crippen molar-refractivity contribution in [1.29, 1.82) is 5.26 Å². The molecule has 1 amide bonds. The molecular formula is C25H29N4O6P. The first kappa shape index (κ1) is 25.0. The highest BCUT2D eigenvalue weighted by atomic mass is 31.2. The third kappa shape index (κ3) is 4.15. The van der Waals surface area contributed by atoms with Crippen molar-refractivity contribution in [2.75, 3.05) is 18.6 Å². The number of aryl methyl sites for hydroxylation is 1. The Labute approximate surface area is 210 Å². The maximum atomic E-state index is 13.1. The summed E-state index contributed by atoms with van der Waals surface area (Å²) in [7, 11) is -1.27. The van der Waals surface area contributed by atoms with Crippen molar-refractivity contribution in [1.82, 2.24) is 9.55 Å². The van der Waals surface area contributed by atoms with Crippen LogP contribution in [0.2, 0.25) is 0 Å². The summed E-state index contributed by atoms with van der Waals surface area (Å²) in [6, 6.07) is 10.8. The van der Waals surface area contributed by atoms with Gasteiger partial charge in [0, 0.05) is 24.0 Å². The number of hydrogen-bond donors (Lipinski definition) is 1. The monoisotopic (exact) mass is 512 g/mol. The van der Waals surface area contributed by atoms with Gasteiger partial charge in [0.25, 0.3) is 5.91 Å². The summed E-state index contributed by atoms with van der Waals surface area (Å²) >= 11 is 0. The quantitative estimate of drug-likeness (QED) is 0.399. The van der Waals surface area contributed by atoms with Gasteiger partial charge in [-0.1, -0.05) is 25.1 Å². The fraction of sp³-hybridized carbons (Fsp3) is 0.520. The standard InChI is InChI=1S/C25H29N4O6P/c1-4-25-19(35-36(3)32-14-8-13-26)18(33-24(25)11-12-24)22(34-25)29-15-16(2)20(28-23(29)31)27-21(30)17-9-6-5-7-10-17/h5-7,9-10,15,18-19,22H,4,8,11-12,14H2,1-3H3,(H,27,28,30,31)/t18-,19?,22+,25+,36?/m0/s1. The predicted octanol–water partition coefficient (Wildman–Crippen LogP) is 3.67. The molecule has 2 unspecified atom stereocenters. The molecular weight excluding hydrogens is 483 g/mol. The van der Waals surface area contributed by atoms with Crippen molar-refractivity contribution >= 4 is 20.1 Å². The van der Waals surface area contributed by atoms with Gasteiger partial charge in [-0.05, 0) is 38.3 Å². The predicted molar refractivity (Wildman–Crippen MR) is 132 cm³/mol. The third-order valence-corrected chi connectivity index (χ3v) is 8.23. The summed E-state index contributed by atoms with van der Waals surface area (Å²) in [6.45, 7) is 5.96. The molecule has 2 aliphatic heterocycles. The molecule has 5 atom stereocenters. The zero-order valence-corrected chi connectivity index (χ0v) is 21.4. The van der Waals surface area contributed by atoms with E-state index >= 15 is 0 Å². The number of nitrogens with zero attached hydrogens (tertiary/aromatic N) is 3. The van der Waals surface area contributed by atoms with Gasteiger partial charge in [0.15, 0.2) is 14.6 Å². The molecule has 3 heterocycles. The Kier molecular flexibility index (Phi) is 6.70. The highest BCUT2D eigenvalue weighted by molar-refractivity contribution is 7.46. The van der Waals surface area contributed by atoms with Gasteiger partial charge in [0.05, 0.1) is 19.1 Å². The highest BCUT2D eigenvalue weighted by Gasteiger charge is 2.78. The lowest BCUT2D eigenvalue weighted by atomic mass is 9.88. The van der Waals surface area contributed by atoms with Crippen LogP contribution in [0.3, 0.4) is 0 Å². The first-order valence-electron chi connectivity index (χ1n) is 12.1. The number of aromatic nitrogens is 2. The molecule has 0 radical (unpaired) electrons. The number of benzene rings is 1. The van der Waals surface area contributed by atoms with Crippen molar-refractivity contribution < 1.29 is 23.3 Å². The number of rotatable bonds is 9. The van der Waals surface area contributed by atoms with Crippen molar-refractivity contribution in [2.24, 2.45) is 0 Å². The number of ether oxygens (including phenoxy) is 2. The molecule has 1 spiro atoms. The van der Waals surface area contributed by atoms with Crippen LogP contribution >= 0.6 is 8.38 Å². The van der Waals surface area contributed by atoms with Gasteiger partial charge in [0.1, 0.15) is 29.2 Å². The van der Waals surface area contributed by atoms with Crippen molar-refractivity contribution in [3.05, 3.63) is 58.1 Å². The average molecular weight is 513 g/mol. The van der Waals surface area contributed by atoms with Gasteiger partial charge >= 0.3 is 5.69 Å². The number of nitriles is 1. The van der Waals surface area contributed by atoms with E-state index in [1.807, 2.05) is 19.7 Å². The van der Waals surface area contributed by atoms with E-state index < -0.39 is 43.7 Å². The molecule has 3 fully saturated rings. The normalized spacial score (nSPS) is 28.1. The number of anilines is 1. The maximum Gasteiger partial charge on any atom is 0.351 e. The van der Waals surface area contributed by atoms with E-state index in [1.54, 1.807) is 37.4 Å². The van der Waals surface area contributed by atoms with Crippen LogP contribution in [0.15, 0.2) is 41.3 Å². The van der Waals surface area contributed by atoms with Crippen LogP contribution in [0.5, 0.6) is 0 Å². The first-order valence-corrected chi connectivity index (χ1v) is 13.7. The minimum Gasteiger partial charge on any atom is -0.361 e. The zero-order chi connectivity index (χ0) is 25.5. The molecule has 11 heteroatoms. The highest BCUT2D eigenvalue weighted by Crippen LogP contribution is 2.67. The van der Waals surface area contributed by atoms with E-state index in [0.29, 0.717) is 24.2 Å². The molecule has 3 aliphatic rings. The lowest BCUT2D eigenvalue weighted by Gasteiger charge is -2.38. The maximum absolute atomic E-state index is 13.1. The first-order chi connectivity index (χ1) is 17.3. The SMILES string of the molecule is CC[C@]12O[C@@H](n3cc(C)c(NC(=O)c4ccccc4)nc3=O)[C@@H](OC13CC3)C2OP(C)OCCC#N. The van der Waals surface area contributed by atoms with E-state index in [1.165, 1.54) is 4.57 Å². The molecule has 1 aliphatic carbocycles. The van der Waals surface area contributed by atoms with Crippen LogP contribution in [0.1, 0.15) is 54.8 Å². The molecule has 1 aromatic carbocycles. The second-order valence-corrected chi connectivity index (χ2v) is 10.7. The van der Waals surface area contributed by atoms with E-state index in [2.05, 4.69) is 16.4 Å². The fourth-order valence-electron chi connectivity index (χ4n) is 5.29. The second kappa shape index (κ2) is 9.66. The van der Waals surface area contributed by atoms with E-state index in [0.717, 1.165) is 12.8 Å². The Morgan fingerprint density at radius 2 is 2.08 bits per heavy atom. The Balaban J connectivity index is 1.39. The lowest BCUT2D eigenvalue weighted by Crippen LogP contribution is -2.49. The Bertz CT molecular complexity index is 1240. The van der Waals surface area contributed by atoms with Crippen LogP contribution in [0, 0.1) is 18.3 Å². The summed E-state index contributed by atoms with van der Waals surface area (Å²) in [6.07, 6.45) is 2.67. The Morgan fingerprint density at radius 1 is 1.33 bits per heavy atom. The van der Waals surface area contributed by atoms with Gasteiger partial charge in [0.2, 0.25) is 0 Å². The zero-order valence-electron chi connectivity index (χ0n) is 20.5. The summed E-state index contributed by atoms with van der Waals surface area (Å²) in [5.41, 5.74) is -0.576. The van der Waals surface area contributed by atoms with E-state index in [-0.39, 0.29) is 18.1 Å². The number of carbonyl (C=O) groups is 1. The number of carbonyl (C=O) groups excluding carboxylic acids is 1. The Morgan fingerprint density at radius 3 is 2.75 bits per heavy atom. The smallest absolute Gasteiger partial charge is 0.351 e. The van der Waals surface area contributed by atoms with Gasteiger partial charge in [-0.3, -0.25) is 9.36 Å². The minimum absolute atomic E-state index is 0.203.